The minimum atomic E-state index is -0.265. The van der Waals surface area contributed by atoms with Crippen LogP contribution in [0.3, 0.4) is 0 Å². The lowest BCUT2D eigenvalue weighted by molar-refractivity contribution is -0.115. The van der Waals surface area contributed by atoms with Gasteiger partial charge in [-0.15, -0.1) is 0 Å². The fourth-order valence-corrected chi connectivity index (χ4v) is 5.29. The highest BCUT2D eigenvalue weighted by Gasteiger charge is 2.20. The first-order valence-corrected chi connectivity index (χ1v) is 12.9. The van der Waals surface area contributed by atoms with Gasteiger partial charge in [-0.25, -0.2) is 0 Å². The van der Waals surface area contributed by atoms with Gasteiger partial charge in [0.05, 0.1) is 0 Å². The Kier molecular flexibility index (Phi) is 7.09. The molecular formula is C32H30N2O6. The van der Waals surface area contributed by atoms with E-state index in [1.54, 1.807) is 60.7 Å². The van der Waals surface area contributed by atoms with Gasteiger partial charge in [0.15, 0.2) is 0 Å². The number of phenols is 4. The molecule has 6 N–H and O–H groups in total. The van der Waals surface area contributed by atoms with E-state index in [0.29, 0.717) is 55.9 Å². The number of aromatic hydroxyl groups is 4. The van der Waals surface area contributed by atoms with Gasteiger partial charge in [0.2, 0.25) is 11.8 Å². The predicted molar refractivity (Wildman–Crippen MR) is 152 cm³/mol. The second-order valence-corrected chi connectivity index (χ2v) is 10.2. The second-order valence-electron chi connectivity index (χ2n) is 10.2. The molecule has 0 unspecified atom stereocenters. The number of hydrogen-bond acceptors (Lipinski definition) is 6. The van der Waals surface area contributed by atoms with Crippen molar-refractivity contribution in [3.8, 4) is 23.0 Å². The van der Waals surface area contributed by atoms with Gasteiger partial charge in [0.1, 0.15) is 23.0 Å². The highest BCUT2D eigenvalue weighted by molar-refractivity contribution is 5.89. The first kappa shape index (κ1) is 26.6. The summed E-state index contributed by atoms with van der Waals surface area (Å²) in [6.45, 7) is 2.80. The highest BCUT2D eigenvalue weighted by atomic mass is 16.3. The summed E-state index contributed by atoms with van der Waals surface area (Å²) in [5.74, 6) is -0.460. The van der Waals surface area contributed by atoms with E-state index in [0.717, 1.165) is 0 Å². The molecule has 4 aromatic rings. The van der Waals surface area contributed by atoms with Gasteiger partial charge in [0.25, 0.3) is 0 Å². The molecule has 0 aromatic heterocycles. The maximum atomic E-state index is 11.8. The van der Waals surface area contributed by atoms with Gasteiger partial charge in [-0.2, -0.15) is 0 Å². The second kappa shape index (κ2) is 10.6. The van der Waals surface area contributed by atoms with Crippen molar-refractivity contribution in [3.05, 3.63) is 105 Å². The summed E-state index contributed by atoms with van der Waals surface area (Å²) in [5, 5.41) is 50.5. The predicted octanol–water partition coefficient (Wildman–Crippen LogP) is 5.10. The van der Waals surface area contributed by atoms with Crippen LogP contribution in [-0.2, 0) is 35.3 Å². The summed E-state index contributed by atoms with van der Waals surface area (Å²) < 4.78 is 0. The summed E-state index contributed by atoms with van der Waals surface area (Å²) in [5.41, 5.74) is 5.16. The number of carbonyl (C=O) groups excluding carboxylic acids is 2. The number of fused-ring (bicyclic) bond motifs is 8. The van der Waals surface area contributed by atoms with Gasteiger partial charge in [-0.3, -0.25) is 9.59 Å². The van der Waals surface area contributed by atoms with Crippen LogP contribution in [0.25, 0.3) is 0 Å². The molecule has 204 valence electrons. The standard InChI is InChI=1S/C32H30N2O6/c1-17(35)33-27-13-23-9-19-5-3-7-21(29(19)37)11-25-15-28(34-18(2)36)16-26(32(25)40)12-22-8-4-6-20(30(22)38)10-24(14-27)31(23)39/h3-8,13-16,37-40H,9-12H2,1-2H3,(H,33,35)(H,34,36). The monoisotopic (exact) mass is 538 g/mol. The van der Waals surface area contributed by atoms with Crippen molar-refractivity contribution < 1.29 is 30.0 Å². The molecule has 0 spiro atoms. The van der Waals surface area contributed by atoms with E-state index in [1.807, 2.05) is 0 Å². The van der Waals surface area contributed by atoms with Crippen LogP contribution in [0, 0.1) is 0 Å². The number of rotatable bonds is 2. The van der Waals surface area contributed by atoms with E-state index >= 15 is 0 Å². The summed E-state index contributed by atoms with van der Waals surface area (Å²) in [6.07, 6.45) is 0.671. The molecule has 0 saturated carbocycles. The molecule has 0 saturated heterocycles. The van der Waals surface area contributed by atoms with Crippen molar-refractivity contribution in [2.45, 2.75) is 39.5 Å². The normalized spacial score (nSPS) is 12.4. The minimum Gasteiger partial charge on any atom is -0.507 e. The van der Waals surface area contributed by atoms with E-state index in [9.17, 15) is 30.0 Å². The third kappa shape index (κ3) is 5.42. The lowest BCUT2D eigenvalue weighted by Crippen LogP contribution is -2.08. The molecule has 8 bridgehead atoms. The van der Waals surface area contributed by atoms with E-state index in [-0.39, 0.29) is 60.5 Å². The van der Waals surface area contributed by atoms with E-state index in [2.05, 4.69) is 10.6 Å². The Balaban J connectivity index is 1.74. The van der Waals surface area contributed by atoms with Gasteiger partial charge >= 0.3 is 0 Å². The number of nitrogens with one attached hydrogen (secondary N) is 2. The van der Waals surface area contributed by atoms with Crippen molar-refractivity contribution in [1.82, 2.24) is 0 Å². The first-order chi connectivity index (χ1) is 19.1. The fraction of sp³-hybridized carbons (Fsp3) is 0.188. The Hall–Kier alpha value is -4.98. The Labute approximate surface area is 231 Å². The molecular weight excluding hydrogens is 508 g/mol. The molecule has 0 aliphatic heterocycles. The van der Waals surface area contributed by atoms with Crippen LogP contribution in [0.5, 0.6) is 23.0 Å². The number of benzene rings is 4. The Bertz CT molecular complexity index is 1450. The summed E-state index contributed by atoms with van der Waals surface area (Å²) in [6, 6.07) is 17.3. The van der Waals surface area contributed by atoms with E-state index in [4.69, 9.17) is 0 Å². The van der Waals surface area contributed by atoms with E-state index < -0.39 is 0 Å². The Morgan fingerprint density at radius 2 is 0.750 bits per heavy atom. The molecule has 0 heterocycles. The molecule has 0 fully saturated rings. The molecule has 8 nitrogen and oxygen atoms in total. The molecule has 4 aromatic carbocycles. The molecule has 0 atom stereocenters. The zero-order valence-corrected chi connectivity index (χ0v) is 22.2. The number of carbonyl (C=O) groups is 2. The zero-order chi connectivity index (χ0) is 28.6. The van der Waals surface area contributed by atoms with Crippen molar-refractivity contribution in [3.63, 3.8) is 0 Å². The largest absolute Gasteiger partial charge is 0.507 e. The molecule has 0 radical (unpaired) electrons. The van der Waals surface area contributed by atoms with Gasteiger partial charge in [-0.1, -0.05) is 36.4 Å². The van der Waals surface area contributed by atoms with Crippen LogP contribution in [0.2, 0.25) is 0 Å². The lowest BCUT2D eigenvalue weighted by Gasteiger charge is -2.19. The van der Waals surface area contributed by atoms with Crippen LogP contribution >= 0.6 is 0 Å². The molecule has 5 rings (SSSR count). The number of anilines is 2. The van der Waals surface area contributed by atoms with Gasteiger partial charge in [0, 0.05) is 73.2 Å². The summed E-state index contributed by atoms with van der Waals surface area (Å²) in [4.78, 5) is 23.7. The Morgan fingerprint density at radius 1 is 0.500 bits per heavy atom. The third-order valence-electron chi connectivity index (χ3n) is 7.11. The van der Waals surface area contributed by atoms with Crippen molar-refractivity contribution in [1.29, 1.82) is 0 Å². The molecule has 8 heteroatoms. The van der Waals surface area contributed by atoms with Crippen molar-refractivity contribution in [2.24, 2.45) is 0 Å². The fourth-order valence-electron chi connectivity index (χ4n) is 5.29. The molecule has 2 amide bonds. The molecule has 1 aliphatic carbocycles. The maximum Gasteiger partial charge on any atom is 0.221 e. The summed E-state index contributed by atoms with van der Waals surface area (Å²) in [7, 11) is 0. The van der Waals surface area contributed by atoms with Gasteiger partial charge in [-0.05, 0) is 46.5 Å². The lowest BCUT2D eigenvalue weighted by atomic mass is 9.91. The van der Waals surface area contributed by atoms with E-state index in [1.165, 1.54) is 13.8 Å². The van der Waals surface area contributed by atoms with Crippen LogP contribution in [0.1, 0.15) is 58.4 Å². The quantitative estimate of drug-likeness (QED) is 0.173. The van der Waals surface area contributed by atoms with Crippen molar-refractivity contribution >= 4 is 23.2 Å². The van der Waals surface area contributed by atoms with Crippen LogP contribution < -0.4 is 10.6 Å². The Morgan fingerprint density at radius 3 is 1.00 bits per heavy atom. The van der Waals surface area contributed by atoms with Crippen LogP contribution in [0.4, 0.5) is 11.4 Å². The average molecular weight is 539 g/mol. The third-order valence-corrected chi connectivity index (χ3v) is 7.11. The first-order valence-electron chi connectivity index (χ1n) is 12.9. The average Bonchev–Trinajstić information content (AvgIpc) is 2.88. The molecule has 40 heavy (non-hydrogen) atoms. The number of amides is 2. The maximum absolute atomic E-state index is 11.8. The number of hydrogen-bond donors (Lipinski definition) is 6. The van der Waals surface area contributed by atoms with Crippen molar-refractivity contribution in [2.75, 3.05) is 10.6 Å². The SMILES string of the molecule is CC(=O)Nc1cc2c(O)c(c1)Cc1cccc(c1O)Cc1cc(NC(C)=O)cc(c1O)Cc1cccc(c1O)C2. The molecule has 1 aliphatic rings. The van der Waals surface area contributed by atoms with Gasteiger partial charge < -0.3 is 31.1 Å². The highest BCUT2D eigenvalue weighted by Crippen LogP contribution is 2.39. The minimum absolute atomic E-state index is 0.0126. The van der Waals surface area contributed by atoms with Crippen LogP contribution in [0.15, 0.2) is 60.7 Å². The zero-order valence-electron chi connectivity index (χ0n) is 22.2. The van der Waals surface area contributed by atoms with Crippen LogP contribution in [-0.4, -0.2) is 32.2 Å². The number of para-hydroxylation sites is 2. The topological polar surface area (TPSA) is 139 Å². The number of phenolic OH excluding ortho intramolecular Hbond substituents is 4. The smallest absolute Gasteiger partial charge is 0.221 e. The summed E-state index contributed by atoms with van der Waals surface area (Å²) >= 11 is 0.